The third-order valence-corrected chi connectivity index (χ3v) is 4.81. The zero-order chi connectivity index (χ0) is 18.5. The molecule has 2 heterocycles. The van der Waals surface area contributed by atoms with Gasteiger partial charge >= 0.3 is 0 Å². The van der Waals surface area contributed by atoms with Crippen molar-refractivity contribution in [2.75, 3.05) is 29.9 Å². The van der Waals surface area contributed by atoms with Crippen LogP contribution in [0.1, 0.15) is 18.4 Å². The predicted octanol–water partition coefficient (Wildman–Crippen LogP) is 4.54. The highest BCUT2D eigenvalue weighted by Crippen LogP contribution is 2.25. The number of nitrogens with zero attached hydrogens (tertiary/aromatic N) is 3. The first-order valence-electron chi connectivity index (χ1n) is 9.46. The zero-order valence-corrected chi connectivity index (χ0v) is 15.2. The minimum absolute atomic E-state index is 0.203. The van der Waals surface area contributed by atoms with Crippen LogP contribution in [0.25, 0.3) is 11.4 Å². The second-order valence-electron chi connectivity index (χ2n) is 6.80. The van der Waals surface area contributed by atoms with E-state index in [0.717, 1.165) is 54.6 Å². The topological polar surface area (TPSA) is 41.0 Å². The van der Waals surface area contributed by atoms with Gasteiger partial charge in [0.25, 0.3) is 0 Å². The molecule has 3 aromatic rings. The lowest BCUT2D eigenvalue weighted by atomic mass is 10.1. The molecule has 4 rings (SSSR count). The Balaban J connectivity index is 1.53. The number of hydrogen-bond acceptors (Lipinski definition) is 4. The molecule has 0 spiro atoms. The van der Waals surface area contributed by atoms with E-state index in [1.807, 2.05) is 48.5 Å². The Kier molecular flexibility index (Phi) is 5.28. The summed E-state index contributed by atoms with van der Waals surface area (Å²) < 4.78 is 13.0. The quantitative estimate of drug-likeness (QED) is 0.699. The van der Waals surface area contributed by atoms with Crippen molar-refractivity contribution in [3.8, 4) is 11.4 Å². The highest BCUT2D eigenvalue weighted by Gasteiger charge is 2.16. The Morgan fingerprint density at radius 1 is 0.926 bits per heavy atom. The third-order valence-electron chi connectivity index (χ3n) is 4.81. The summed E-state index contributed by atoms with van der Waals surface area (Å²) in [5, 5.41) is 3.41. The van der Waals surface area contributed by atoms with Crippen LogP contribution in [0.2, 0.25) is 0 Å². The summed E-state index contributed by atoms with van der Waals surface area (Å²) >= 11 is 0. The highest BCUT2D eigenvalue weighted by molar-refractivity contribution is 5.62. The summed E-state index contributed by atoms with van der Waals surface area (Å²) in [4.78, 5) is 11.8. The van der Waals surface area contributed by atoms with E-state index < -0.39 is 0 Å². The van der Waals surface area contributed by atoms with Crippen molar-refractivity contribution in [2.45, 2.75) is 19.3 Å². The van der Waals surface area contributed by atoms with Gasteiger partial charge < -0.3 is 10.2 Å². The van der Waals surface area contributed by atoms with Crippen LogP contribution in [0, 0.1) is 5.82 Å². The molecule has 5 heteroatoms. The van der Waals surface area contributed by atoms with Gasteiger partial charge in [0.1, 0.15) is 17.5 Å². The molecule has 0 atom stereocenters. The van der Waals surface area contributed by atoms with Crippen LogP contribution in [0.4, 0.5) is 16.0 Å². The summed E-state index contributed by atoms with van der Waals surface area (Å²) in [5.41, 5.74) is 2.11. The molecule has 1 saturated heterocycles. The largest absolute Gasteiger partial charge is 0.370 e. The van der Waals surface area contributed by atoms with Gasteiger partial charge in [-0.3, -0.25) is 0 Å². The molecule has 4 nitrogen and oxygen atoms in total. The monoisotopic (exact) mass is 362 g/mol. The van der Waals surface area contributed by atoms with E-state index in [0.29, 0.717) is 0 Å². The average molecular weight is 362 g/mol. The molecule has 1 N–H and O–H groups in total. The lowest BCUT2D eigenvalue weighted by Crippen LogP contribution is -2.20. The minimum atomic E-state index is -0.203. The average Bonchev–Trinajstić information content (AvgIpc) is 3.25. The maximum atomic E-state index is 13.0. The van der Waals surface area contributed by atoms with E-state index >= 15 is 0 Å². The zero-order valence-electron chi connectivity index (χ0n) is 15.2. The Morgan fingerprint density at radius 2 is 1.67 bits per heavy atom. The highest BCUT2D eigenvalue weighted by atomic mass is 19.1. The number of hydrogen-bond donors (Lipinski definition) is 1. The second-order valence-corrected chi connectivity index (χ2v) is 6.80. The molecule has 1 fully saturated rings. The maximum absolute atomic E-state index is 13.0. The van der Waals surface area contributed by atoms with Crippen molar-refractivity contribution in [1.29, 1.82) is 0 Å². The van der Waals surface area contributed by atoms with Gasteiger partial charge in [0, 0.05) is 31.3 Å². The van der Waals surface area contributed by atoms with Crippen molar-refractivity contribution in [2.24, 2.45) is 0 Å². The number of halogens is 1. The van der Waals surface area contributed by atoms with Gasteiger partial charge in [-0.05, 0) is 37.0 Å². The molecule has 0 unspecified atom stereocenters. The van der Waals surface area contributed by atoms with Crippen LogP contribution >= 0.6 is 0 Å². The summed E-state index contributed by atoms with van der Waals surface area (Å²) in [5.74, 6) is 2.34. The van der Waals surface area contributed by atoms with E-state index in [2.05, 4.69) is 10.2 Å². The number of benzene rings is 2. The first kappa shape index (κ1) is 17.5. The molecule has 0 saturated carbocycles. The minimum Gasteiger partial charge on any atom is -0.370 e. The van der Waals surface area contributed by atoms with E-state index in [1.54, 1.807) is 0 Å². The van der Waals surface area contributed by atoms with Crippen LogP contribution in [-0.2, 0) is 6.42 Å². The summed E-state index contributed by atoms with van der Waals surface area (Å²) in [6, 6.07) is 18.7. The van der Waals surface area contributed by atoms with Crippen molar-refractivity contribution < 1.29 is 4.39 Å². The molecule has 0 radical (unpaired) electrons. The molecular formula is C22H23FN4. The van der Waals surface area contributed by atoms with Gasteiger partial charge in [0.15, 0.2) is 5.82 Å². The van der Waals surface area contributed by atoms with Gasteiger partial charge in [0.2, 0.25) is 0 Å². The van der Waals surface area contributed by atoms with E-state index in [1.165, 1.54) is 25.0 Å². The van der Waals surface area contributed by atoms with Gasteiger partial charge in [-0.1, -0.05) is 42.5 Å². The molecule has 1 aliphatic heterocycles. The standard InChI is InChI=1S/C22H23FN4/c23-19-10-8-17(9-11-19)12-13-24-20-16-21(27-14-4-5-15-27)26-22(25-20)18-6-2-1-3-7-18/h1-3,6-11,16H,4-5,12-15H2,(H,24,25,26). The molecule has 1 aromatic heterocycles. The van der Waals surface area contributed by atoms with Crippen LogP contribution in [-0.4, -0.2) is 29.6 Å². The SMILES string of the molecule is Fc1ccc(CCNc2cc(N3CCCC3)nc(-c3ccccc3)n2)cc1. The first-order valence-corrected chi connectivity index (χ1v) is 9.46. The molecule has 2 aromatic carbocycles. The van der Waals surface area contributed by atoms with Gasteiger partial charge in [-0.25, -0.2) is 14.4 Å². The number of nitrogens with one attached hydrogen (secondary N) is 1. The number of rotatable bonds is 6. The fourth-order valence-corrected chi connectivity index (χ4v) is 3.34. The molecule has 1 aliphatic rings. The summed E-state index contributed by atoms with van der Waals surface area (Å²) in [6.45, 7) is 2.82. The fourth-order valence-electron chi connectivity index (χ4n) is 3.34. The molecule has 138 valence electrons. The van der Waals surface area contributed by atoms with Gasteiger partial charge in [-0.2, -0.15) is 0 Å². The molecule has 0 amide bonds. The maximum Gasteiger partial charge on any atom is 0.163 e. The lowest BCUT2D eigenvalue weighted by molar-refractivity contribution is 0.627. The van der Waals surface area contributed by atoms with Crippen molar-refractivity contribution in [3.63, 3.8) is 0 Å². The van der Waals surface area contributed by atoms with Crippen LogP contribution in [0.3, 0.4) is 0 Å². The van der Waals surface area contributed by atoms with Crippen molar-refractivity contribution in [3.05, 3.63) is 72.0 Å². The fraction of sp³-hybridized carbons (Fsp3) is 0.273. The Morgan fingerprint density at radius 3 is 2.41 bits per heavy atom. The normalized spacial score (nSPS) is 13.7. The van der Waals surface area contributed by atoms with Crippen molar-refractivity contribution >= 4 is 11.6 Å². The van der Waals surface area contributed by atoms with E-state index in [4.69, 9.17) is 9.97 Å². The Bertz CT molecular complexity index is 875. The first-order chi connectivity index (χ1) is 13.3. The molecular weight excluding hydrogens is 339 g/mol. The number of aromatic nitrogens is 2. The lowest BCUT2D eigenvalue weighted by Gasteiger charge is -2.18. The van der Waals surface area contributed by atoms with Crippen LogP contribution in [0.15, 0.2) is 60.7 Å². The summed E-state index contributed by atoms with van der Waals surface area (Å²) in [7, 11) is 0. The predicted molar refractivity (Wildman–Crippen MR) is 108 cm³/mol. The molecule has 0 aliphatic carbocycles. The van der Waals surface area contributed by atoms with Crippen LogP contribution < -0.4 is 10.2 Å². The second kappa shape index (κ2) is 8.16. The third kappa shape index (κ3) is 4.42. The van der Waals surface area contributed by atoms with Gasteiger partial charge in [0.05, 0.1) is 0 Å². The smallest absolute Gasteiger partial charge is 0.163 e. The van der Waals surface area contributed by atoms with Crippen molar-refractivity contribution in [1.82, 2.24) is 9.97 Å². The van der Waals surface area contributed by atoms with Gasteiger partial charge in [-0.15, -0.1) is 0 Å². The van der Waals surface area contributed by atoms with Crippen LogP contribution in [0.5, 0.6) is 0 Å². The molecule has 0 bridgehead atoms. The summed E-state index contributed by atoms with van der Waals surface area (Å²) in [6.07, 6.45) is 3.22. The van der Waals surface area contributed by atoms with E-state index in [9.17, 15) is 4.39 Å². The molecule has 27 heavy (non-hydrogen) atoms. The Hall–Kier alpha value is -2.95. The van der Waals surface area contributed by atoms with E-state index in [-0.39, 0.29) is 5.82 Å². The Labute approximate surface area is 159 Å². The number of anilines is 2.